The highest BCUT2D eigenvalue weighted by molar-refractivity contribution is 5.87. The number of ether oxygens (including phenoxy) is 1. The molecule has 0 aromatic carbocycles. The molecule has 140 valence electrons. The van der Waals surface area contributed by atoms with Gasteiger partial charge in [-0.15, -0.1) is 0 Å². The molecule has 0 amide bonds. The molecular weight excluding hydrogens is 308 g/mol. The maximum atomic E-state index is 11.3. The van der Waals surface area contributed by atoms with E-state index in [2.05, 4.69) is 23.8 Å². The van der Waals surface area contributed by atoms with Gasteiger partial charge in [0.1, 0.15) is 0 Å². The van der Waals surface area contributed by atoms with Crippen molar-refractivity contribution in [3.63, 3.8) is 0 Å². The lowest BCUT2D eigenvalue weighted by Crippen LogP contribution is -2.28. The summed E-state index contributed by atoms with van der Waals surface area (Å²) in [6, 6.07) is 0. The van der Waals surface area contributed by atoms with Crippen molar-refractivity contribution in [3.8, 4) is 0 Å². The molecular formula is C19H34O5. The highest BCUT2D eigenvalue weighted by atomic mass is 16.6. The monoisotopic (exact) mass is 342 g/mol. The SMILES string of the molecule is CCCCCCCCC/C=C\CCCCC(=O)OC(=O)C(O)CO. The van der Waals surface area contributed by atoms with Crippen LogP contribution in [-0.4, -0.2) is 34.9 Å². The van der Waals surface area contributed by atoms with E-state index in [-0.39, 0.29) is 6.42 Å². The number of carbonyl (C=O) groups excluding carboxylic acids is 2. The van der Waals surface area contributed by atoms with Gasteiger partial charge in [0.05, 0.1) is 6.61 Å². The predicted octanol–water partition coefficient (Wildman–Crippen LogP) is 3.67. The van der Waals surface area contributed by atoms with E-state index >= 15 is 0 Å². The Morgan fingerprint density at radius 2 is 1.46 bits per heavy atom. The normalized spacial score (nSPS) is 12.5. The molecule has 0 fully saturated rings. The predicted molar refractivity (Wildman–Crippen MR) is 94.4 cm³/mol. The molecule has 0 spiro atoms. The summed E-state index contributed by atoms with van der Waals surface area (Å²) in [4.78, 5) is 22.4. The molecule has 5 nitrogen and oxygen atoms in total. The zero-order valence-corrected chi connectivity index (χ0v) is 15.0. The first-order chi connectivity index (χ1) is 11.6. The van der Waals surface area contributed by atoms with E-state index in [0.717, 1.165) is 19.3 Å². The second-order valence-electron chi connectivity index (χ2n) is 6.12. The van der Waals surface area contributed by atoms with E-state index in [1.807, 2.05) is 0 Å². The minimum absolute atomic E-state index is 0.148. The van der Waals surface area contributed by atoms with Crippen LogP contribution in [0.25, 0.3) is 0 Å². The van der Waals surface area contributed by atoms with Gasteiger partial charge in [-0.2, -0.15) is 0 Å². The number of aliphatic hydroxyl groups excluding tert-OH is 2. The quantitative estimate of drug-likeness (QED) is 0.205. The van der Waals surface area contributed by atoms with Gasteiger partial charge in [-0.25, -0.2) is 4.79 Å². The van der Waals surface area contributed by atoms with Crippen LogP contribution in [0.1, 0.15) is 84.0 Å². The number of allylic oxidation sites excluding steroid dienone is 2. The van der Waals surface area contributed by atoms with E-state index in [4.69, 9.17) is 10.2 Å². The topological polar surface area (TPSA) is 83.8 Å². The Morgan fingerprint density at radius 3 is 2.04 bits per heavy atom. The van der Waals surface area contributed by atoms with Crippen LogP contribution in [0.15, 0.2) is 12.2 Å². The summed E-state index contributed by atoms with van der Waals surface area (Å²) in [5.74, 6) is -1.74. The molecule has 1 atom stereocenters. The molecule has 0 aromatic rings. The Labute approximate surface area is 146 Å². The fourth-order valence-corrected chi connectivity index (χ4v) is 2.29. The largest absolute Gasteiger partial charge is 0.393 e. The van der Waals surface area contributed by atoms with Crippen molar-refractivity contribution in [2.24, 2.45) is 0 Å². The zero-order valence-electron chi connectivity index (χ0n) is 15.0. The van der Waals surface area contributed by atoms with Gasteiger partial charge in [0.2, 0.25) is 0 Å². The number of hydrogen-bond donors (Lipinski definition) is 2. The molecule has 0 bridgehead atoms. The Kier molecular flexibility index (Phi) is 15.8. The summed E-state index contributed by atoms with van der Waals surface area (Å²) in [7, 11) is 0. The lowest BCUT2D eigenvalue weighted by Gasteiger charge is -2.05. The number of hydrogen-bond acceptors (Lipinski definition) is 5. The van der Waals surface area contributed by atoms with E-state index < -0.39 is 24.6 Å². The van der Waals surface area contributed by atoms with Gasteiger partial charge in [-0.3, -0.25) is 4.79 Å². The molecule has 0 aromatic heterocycles. The van der Waals surface area contributed by atoms with Crippen molar-refractivity contribution in [2.75, 3.05) is 6.61 Å². The third-order valence-corrected chi connectivity index (χ3v) is 3.80. The Hall–Kier alpha value is -1.20. The Balaban J connectivity index is 3.40. The zero-order chi connectivity index (χ0) is 18.0. The first-order valence-electron chi connectivity index (χ1n) is 9.30. The maximum absolute atomic E-state index is 11.3. The van der Waals surface area contributed by atoms with E-state index in [9.17, 15) is 9.59 Å². The lowest BCUT2D eigenvalue weighted by atomic mass is 10.1. The summed E-state index contributed by atoms with van der Waals surface area (Å²) in [6.45, 7) is 1.49. The number of carbonyl (C=O) groups is 2. The van der Waals surface area contributed by atoms with Crippen molar-refractivity contribution in [1.82, 2.24) is 0 Å². The van der Waals surface area contributed by atoms with E-state index in [0.29, 0.717) is 6.42 Å². The fourth-order valence-electron chi connectivity index (χ4n) is 2.29. The average Bonchev–Trinajstić information content (AvgIpc) is 2.58. The minimum Gasteiger partial charge on any atom is -0.393 e. The minimum atomic E-state index is -1.64. The second-order valence-corrected chi connectivity index (χ2v) is 6.12. The molecule has 0 aliphatic heterocycles. The van der Waals surface area contributed by atoms with Gasteiger partial charge in [0, 0.05) is 6.42 Å². The van der Waals surface area contributed by atoms with Crippen molar-refractivity contribution in [1.29, 1.82) is 0 Å². The van der Waals surface area contributed by atoms with Crippen LogP contribution >= 0.6 is 0 Å². The molecule has 0 heterocycles. The highest BCUT2D eigenvalue weighted by Gasteiger charge is 2.18. The summed E-state index contributed by atoms with van der Waals surface area (Å²) in [5, 5.41) is 17.5. The molecule has 1 unspecified atom stereocenters. The molecule has 0 saturated carbocycles. The van der Waals surface area contributed by atoms with E-state index in [1.54, 1.807) is 0 Å². The van der Waals surface area contributed by atoms with Gasteiger partial charge in [-0.05, 0) is 32.1 Å². The van der Waals surface area contributed by atoms with Crippen LogP contribution in [0, 0.1) is 0 Å². The highest BCUT2D eigenvalue weighted by Crippen LogP contribution is 2.09. The van der Waals surface area contributed by atoms with Crippen LogP contribution < -0.4 is 0 Å². The summed E-state index contributed by atoms with van der Waals surface area (Å²) >= 11 is 0. The second kappa shape index (κ2) is 16.7. The van der Waals surface area contributed by atoms with Gasteiger partial charge in [0.25, 0.3) is 0 Å². The molecule has 0 aliphatic rings. The number of unbranched alkanes of at least 4 members (excludes halogenated alkanes) is 9. The molecule has 2 N–H and O–H groups in total. The lowest BCUT2D eigenvalue weighted by molar-refractivity contribution is -0.167. The summed E-state index contributed by atoms with van der Waals surface area (Å²) in [6.07, 6.45) is 15.6. The average molecular weight is 342 g/mol. The van der Waals surface area contributed by atoms with Gasteiger partial charge < -0.3 is 14.9 Å². The molecule has 24 heavy (non-hydrogen) atoms. The van der Waals surface area contributed by atoms with Crippen LogP contribution in [-0.2, 0) is 14.3 Å². The van der Waals surface area contributed by atoms with Gasteiger partial charge in [0.15, 0.2) is 6.10 Å². The third kappa shape index (κ3) is 14.4. The van der Waals surface area contributed by atoms with Crippen molar-refractivity contribution < 1.29 is 24.5 Å². The number of rotatable bonds is 15. The van der Waals surface area contributed by atoms with Crippen LogP contribution in [0.3, 0.4) is 0 Å². The number of esters is 2. The summed E-state index contributed by atoms with van der Waals surface area (Å²) < 4.78 is 4.40. The van der Waals surface area contributed by atoms with Crippen molar-refractivity contribution in [2.45, 2.75) is 90.1 Å². The molecule has 0 aliphatic carbocycles. The summed E-state index contributed by atoms with van der Waals surface area (Å²) in [5.41, 5.74) is 0. The van der Waals surface area contributed by atoms with Gasteiger partial charge in [-0.1, -0.05) is 57.6 Å². The van der Waals surface area contributed by atoms with E-state index in [1.165, 1.54) is 44.9 Å². The Bertz CT molecular complexity index is 352. The first kappa shape index (κ1) is 22.8. The molecule has 0 rings (SSSR count). The first-order valence-corrected chi connectivity index (χ1v) is 9.30. The van der Waals surface area contributed by atoms with Crippen molar-refractivity contribution in [3.05, 3.63) is 12.2 Å². The Morgan fingerprint density at radius 1 is 0.917 bits per heavy atom. The number of aliphatic hydroxyl groups is 2. The van der Waals surface area contributed by atoms with Crippen molar-refractivity contribution >= 4 is 11.9 Å². The van der Waals surface area contributed by atoms with Crippen LogP contribution in [0.4, 0.5) is 0 Å². The molecule has 0 saturated heterocycles. The van der Waals surface area contributed by atoms with Gasteiger partial charge >= 0.3 is 11.9 Å². The van der Waals surface area contributed by atoms with Crippen LogP contribution in [0.2, 0.25) is 0 Å². The maximum Gasteiger partial charge on any atom is 0.345 e. The molecule has 0 radical (unpaired) electrons. The molecule has 5 heteroatoms. The van der Waals surface area contributed by atoms with Crippen LogP contribution in [0.5, 0.6) is 0 Å². The smallest absolute Gasteiger partial charge is 0.345 e. The third-order valence-electron chi connectivity index (χ3n) is 3.80. The standard InChI is InChI=1S/C19H34O5/c1-2-3-4-5-6-7-8-9-10-11-12-13-14-15-18(22)24-19(23)17(21)16-20/h10-11,17,20-21H,2-9,12-16H2,1H3/b11-10-. The fraction of sp³-hybridized carbons (Fsp3) is 0.789.